The Labute approximate surface area is 108 Å². The molecule has 3 N–H and O–H groups in total. The van der Waals surface area contributed by atoms with E-state index in [2.05, 4.69) is 5.32 Å². The second-order valence-corrected chi connectivity index (χ2v) is 4.79. The van der Waals surface area contributed by atoms with Crippen LogP contribution in [0.25, 0.3) is 0 Å². The third kappa shape index (κ3) is 3.09. The zero-order valence-electron chi connectivity index (χ0n) is 10.7. The molecule has 0 aromatic heterocycles. The zero-order valence-corrected chi connectivity index (χ0v) is 10.7. The summed E-state index contributed by atoms with van der Waals surface area (Å²) < 4.78 is 5.33. The van der Waals surface area contributed by atoms with Gasteiger partial charge in [-0.25, -0.2) is 0 Å². The van der Waals surface area contributed by atoms with Crippen molar-refractivity contribution in [2.75, 3.05) is 13.2 Å². The van der Waals surface area contributed by atoms with Crippen LogP contribution >= 0.6 is 0 Å². The molecular formula is C14H20N2O2. The van der Waals surface area contributed by atoms with E-state index in [1.54, 1.807) is 0 Å². The van der Waals surface area contributed by atoms with Crippen LogP contribution in [0.5, 0.6) is 0 Å². The molecule has 1 aliphatic heterocycles. The van der Waals surface area contributed by atoms with Gasteiger partial charge in [-0.3, -0.25) is 4.79 Å². The van der Waals surface area contributed by atoms with Crippen LogP contribution in [-0.2, 0) is 11.3 Å². The van der Waals surface area contributed by atoms with E-state index >= 15 is 0 Å². The molecule has 4 nitrogen and oxygen atoms in total. The number of benzene rings is 1. The van der Waals surface area contributed by atoms with Gasteiger partial charge in [0.2, 0.25) is 0 Å². The Balaban J connectivity index is 1.97. The predicted octanol–water partition coefficient (Wildman–Crippen LogP) is 1.30. The van der Waals surface area contributed by atoms with Gasteiger partial charge in [0.1, 0.15) is 0 Å². The highest BCUT2D eigenvalue weighted by Gasteiger charge is 2.23. The van der Waals surface area contributed by atoms with Crippen molar-refractivity contribution in [2.24, 2.45) is 11.7 Å². The number of hydrogen-bond acceptors (Lipinski definition) is 3. The molecule has 1 aliphatic rings. The molecule has 4 heteroatoms. The standard InChI is InChI=1S/C14H20N2O2/c1-10(13-5-6-18-9-13)16-14(17)12-4-2-3-11(7-12)8-15/h2-4,7,10,13H,5-6,8-9,15H2,1H3,(H,16,17). The normalized spacial score (nSPS) is 20.7. The average Bonchev–Trinajstić information content (AvgIpc) is 2.92. The Bertz CT molecular complexity index is 414. The number of amides is 1. The van der Waals surface area contributed by atoms with Crippen molar-refractivity contribution in [2.45, 2.75) is 25.9 Å². The van der Waals surface area contributed by atoms with Crippen molar-refractivity contribution in [1.82, 2.24) is 5.32 Å². The molecule has 1 heterocycles. The van der Waals surface area contributed by atoms with E-state index in [1.165, 1.54) is 0 Å². The molecule has 18 heavy (non-hydrogen) atoms. The Morgan fingerprint density at radius 2 is 2.44 bits per heavy atom. The summed E-state index contributed by atoms with van der Waals surface area (Å²) in [5.74, 6) is 0.386. The topological polar surface area (TPSA) is 64.4 Å². The fourth-order valence-electron chi connectivity index (χ4n) is 2.19. The van der Waals surface area contributed by atoms with Crippen LogP contribution in [0.2, 0.25) is 0 Å². The first-order chi connectivity index (χ1) is 8.70. The number of nitrogens with one attached hydrogen (secondary N) is 1. The van der Waals surface area contributed by atoms with Crippen molar-refractivity contribution in [3.8, 4) is 0 Å². The van der Waals surface area contributed by atoms with Gasteiger partial charge in [-0.2, -0.15) is 0 Å². The summed E-state index contributed by atoms with van der Waals surface area (Å²) >= 11 is 0. The first-order valence-electron chi connectivity index (χ1n) is 6.38. The van der Waals surface area contributed by atoms with Crippen molar-refractivity contribution in [3.63, 3.8) is 0 Å². The van der Waals surface area contributed by atoms with Gasteiger partial charge in [-0.15, -0.1) is 0 Å². The summed E-state index contributed by atoms with van der Waals surface area (Å²) in [7, 11) is 0. The second-order valence-electron chi connectivity index (χ2n) is 4.79. The Kier molecular flexibility index (Phi) is 4.33. The number of ether oxygens (including phenoxy) is 1. The highest BCUT2D eigenvalue weighted by Crippen LogP contribution is 2.16. The van der Waals surface area contributed by atoms with Crippen LogP contribution in [0.1, 0.15) is 29.3 Å². The van der Waals surface area contributed by atoms with Gasteiger partial charge in [-0.1, -0.05) is 12.1 Å². The van der Waals surface area contributed by atoms with Crippen molar-refractivity contribution in [3.05, 3.63) is 35.4 Å². The fourth-order valence-corrected chi connectivity index (χ4v) is 2.19. The number of nitrogens with two attached hydrogens (primary N) is 1. The molecule has 1 aromatic rings. The summed E-state index contributed by atoms with van der Waals surface area (Å²) in [4.78, 5) is 12.1. The maximum atomic E-state index is 12.1. The minimum atomic E-state index is -0.0373. The monoisotopic (exact) mass is 248 g/mol. The lowest BCUT2D eigenvalue weighted by molar-refractivity contribution is 0.0922. The lowest BCUT2D eigenvalue weighted by Gasteiger charge is -2.19. The van der Waals surface area contributed by atoms with Gasteiger partial charge in [0.15, 0.2) is 0 Å². The Morgan fingerprint density at radius 3 is 3.11 bits per heavy atom. The molecule has 2 atom stereocenters. The summed E-state index contributed by atoms with van der Waals surface area (Å²) in [6.07, 6.45) is 1.02. The van der Waals surface area contributed by atoms with E-state index in [-0.39, 0.29) is 11.9 Å². The molecule has 0 radical (unpaired) electrons. The maximum Gasteiger partial charge on any atom is 0.251 e. The number of rotatable bonds is 4. The minimum Gasteiger partial charge on any atom is -0.381 e. The molecular weight excluding hydrogens is 228 g/mol. The lowest BCUT2D eigenvalue weighted by Crippen LogP contribution is -2.38. The molecule has 1 amide bonds. The quantitative estimate of drug-likeness (QED) is 0.844. The van der Waals surface area contributed by atoms with Crippen LogP contribution in [0.4, 0.5) is 0 Å². The largest absolute Gasteiger partial charge is 0.381 e. The van der Waals surface area contributed by atoms with E-state index in [9.17, 15) is 4.79 Å². The van der Waals surface area contributed by atoms with Crippen LogP contribution < -0.4 is 11.1 Å². The summed E-state index contributed by atoms with van der Waals surface area (Å²) in [6, 6.07) is 7.58. The lowest BCUT2D eigenvalue weighted by atomic mass is 10.00. The van der Waals surface area contributed by atoms with Gasteiger partial charge in [0.05, 0.1) is 6.61 Å². The van der Waals surface area contributed by atoms with Crippen LogP contribution in [0.3, 0.4) is 0 Å². The van der Waals surface area contributed by atoms with E-state index in [0.29, 0.717) is 18.0 Å². The number of carbonyl (C=O) groups excluding carboxylic acids is 1. The first kappa shape index (κ1) is 13.1. The number of hydrogen-bond donors (Lipinski definition) is 2. The molecule has 0 spiro atoms. The Hall–Kier alpha value is -1.39. The van der Waals surface area contributed by atoms with E-state index in [1.807, 2.05) is 31.2 Å². The highest BCUT2D eigenvalue weighted by molar-refractivity contribution is 5.94. The van der Waals surface area contributed by atoms with Gasteiger partial charge in [0, 0.05) is 30.7 Å². The first-order valence-corrected chi connectivity index (χ1v) is 6.38. The van der Waals surface area contributed by atoms with Gasteiger partial charge < -0.3 is 15.8 Å². The van der Waals surface area contributed by atoms with Crippen LogP contribution in [-0.4, -0.2) is 25.2 Å². The van der Waals surface area contributed by atoms with Crippen molar-refractivity contribution >= 4 is 5.91 Å². The Morgan fingerprint density at radius 1 is 1.61 bits per heavy atom. The van der Waals surface area contributed by atoms with Crippen molar-refractivity contribution in [1.29, 1.82) is 0 Å². The number of carbonyl (C=O) groups is 1. The third-order valence-corrected chi connectivity index (χ3v) is 3.46. The molecule has 2 rings (SSSR count). The summed E-state index contributed by atoms with van der Waals surface area (Å²) in [5.41, 5.74) is 7.21. The minimum absolute atomic E-state index is 0.0373. The van der Waals surface area contributed by atoms with E-state index in [4.69, 9.17) is 10.5 Å². The predicted molar refractivity (Wildman–Crippen MR) is 70.2 cm³/mol. The zero-order chi connectivity index (χ0) is 13.0. The summed E-state index contributed by atoms with van der Waals surface area (Å²) in [5, 5.41) is 3.03. The van der Waals surface area contributed by atoms with E-state index < -0.39 is 0 Å². The second kappa shape index (κ2) is 5.98. The molecule has 98 valence electrons. The van der Waals surface area contributed by atoms with Gasteiger partial charge in [0.25, 0.3) is 5.91 Å². The third-order valence-electron chi connectivity index (χ3n) is 3.46. The molecule has 1 fully saturated rings. The van der Waals surface area contributed by atoms with Gasteiger partial charge >= 0.3 is 0 Å². The smallest absolute Gasteiger partial charge is 0.251 e. The molecule has 0 saturated carbocycles. The van der Waals surface area contributed by atoms with Crippen LogP contribution in [0, 0.1) is 5.92 Å². The molecule has 0 bridgehead atoms. The molecule has 1 saturated heterocycles. The average molecular weight is 248 g/mol. The van der Waals surface area contributed by atoms with Crippen molar-refractivity contribution < 1.29 is 9.53 Å². The summed E-state index contributed by atoms with van der Waals surface area (Å²) in [6.45, 7) is 4.02. The highest BCUT2D eigenvalue weighted by atomic mass is 16.5. The SMILES string of the molecule is CC(NC(=O)c1cccc(CN)c1)C1CCOC1. The molecule has 2 unspecified atom stereocenters. The fraction of sp³-hybridized carbons (Fsp3) is 0.500. The maximum absolute atomic E-state index is 12.1. The molecule has 1 aromatic carbocycles. The van der Waals surface area contributed by atoms with Gasteiger partial charge in [-0.05, 0) is 31.0 Å². The van der Waals surface area contributed by atoms with Crippen LogP contribution in [0.15, 0.2) is 24.3 Å². The van der Waals surface area contributed by atoms with E-state index in [0.717, 1.165) is 25.2 Å². The molecule has 0 aliphatic carbocycles.